The van der Waals surface area contributed by atoms with E-state index in [-0.39, 0.29) is 13.0 Å². The molecule has 0 aliphatic carbocycles. The molecule has 2 aromatic rings. The fourth-order valence-corrected chi connectivity index (χ4v) is 3.88. The molecule has 10 heteroatoms. The fraction of sp³-hybridized carbons (Fsp3) is 0.353. The molecule has 27 heavy (non-hydrogen) atoms. The van der Waals surface area contributed by atoms with Gasteiger partial charge in [0, 0.05) is 28.8 Å². The lowest BCUT2D eigenvalue weighted by Gasteiger charge is -2.18. The van der Waals surface area contributed by atoms with Gasteiger partial charge < -0.3 is 10.2 Å². The van der Waals surface area contributed by atoms with Crippen LogP contribution in [0.5, 0.6) is 0 Å². The van der Waals surface area contributed by atoms with E-state index in [1.165, 1.54) is 11.3 Å². The summed E-state index contributed by atoms with van der Waals surface area (Å²) in [7, 11) is 0. The number of rotatable bonds is 5. The monoisotopic (exact) mass is 415 g/mol. The number of likely N-dealkylation sites (tertiary alicyclic amines) is 1. The van der Waals surface area contributed by atoms with Crippen molar-refractivity contribution < 1.29 is 22.8 Å². The van der Waals surface area contributed by atoms with Crippen LogP contribution in [0.15, 0.2) is 34.5 Å². The second-order valence-corrected chi connectivity index (χ2v) is 7.78. The molecule has 0 spiro atoms. The van der Waals surface area contributed by atoms with Gasteiger partial charge in [0.25, 0.3) is 0 Å². The zero-order valence-electron chi connectivity index (χ0n) is 14.2. The van der Waals surface area contributed by atoms with Crippen molar-refractivity contribution in [3.63, 3.8) is 0 Å². The highest BCUT2D eigenvalue weighted by Gasteiger charge is 2.40. The summed E-state index contributed by atoms with van der Waals surface area (Å²) in [5.74, 6) is -1.97. The van der Waals surface area contributed by atoms with Gasteiger partial charge in [0.15, 0.2) is 5.13 Å². The van der Waals surface area contributed by atoms with Crippen LogP contribution in [0.25, 0.3) is 11.3 Å². The average Bonchev–Trinajstić information content (AvgIpc) is 3.21. The Balaban J connectivity index is 1.62. The summed E-state index contributed by atoms with van der Waals surface area (Å²) in [6.07, 6.45) is -2.72. The number of hydrogen-bond donors (Lipinski definition) is 1. The van der Waals surface area contributed by atoms with Crippen molar-refractivity contribution in [3.8, 4) is 11.3 Å². The van der Waals surface area contributed by atoms with Crippen LogP contribution in [-0.4, -0.2) is 47.2 Å². The Morgan fingerprint density at radius 1 is 1.37 bits per heavy atom. The highest BCUT2D eigenvalue weighted by atomic mass is 32.2. The molecule has 3 rings (SSSR count). The van der Waals surface area contributed by atoms with E-state index in [4.69, 9.17) is 0 Å². The molecule has 1 N–H and O–H groups in total. The largest absolute Gasteiger partial charge is 0.406 e. The Labute approximate surface area is 162 Å². The lowest BCUT2D eigenvalue weighted by Crippen LogP contribution is -2.36. The van der Waals surface area contributed by atoms with Crippen molar-refractivity contribution >= 4 is 40.0 Å². The molecule has 1 aliphatic heterocycles. The molecule has 5 nitrogen and oxygen atoms in total. The summed E-state index contributed by atoms with van der Waals surface area (Å²) in [5, 5.41) is 4.75. The molecule has 1 aliphatic rings. The van der Waals surface area contributed by atoms with E-state index in [9.17, 15) is 22.8 Å². The topological polar surface area (TPSA) is 62.3 Å². The third-order valence-electron chi connectivity index (χ3n) is 4.08. The van der Waals surface area contributed by atoms with Gasteiger partial charge in [0.1, 0.15) is 6.54 Å². The molecule has 0 radical (unpaired) electrons. The first kappa shape index (κ1) is 19.7. The van der Waals surface area contributed by atoms with Crippen LogP contribution in [0.4, 0.5) is 18.3 Å². The third kappa shape index (κ3) is 5.01. The minimum atomic E-state index is -4.48. The summed E-state index contributed by atoms with van der Waals surface area (Å²) in [6, 6.07) is 7.79. The van der Waals surface area contributed by atoms with E-state index in [1.54, 1.807) is 17.1 Å². The maximum absolute atomic E-state index is 12.5. The Kier molecular flexibility index (Phi) is 5.75. The minimum Gasteiger partial charge on any atom is -0.333 e. The first-order valence-electron chi connectivity index (χ1n) is 8.00. The van der Waals surface area contributed by atoms with E-state index in [0.29, 0.717) is 15.7 Å². The van der Waals surface area contributed by atoms with Gasteiger partial charge >= 0.3 is 6.18 Å². The maximum atomic E-state index is 12.5. The van der Waals surface area contributed by atoms with Crippen molar-refractivity contribution in [1.82, 2.24) is 9.88 Å². The summed E-state index contributed by atoms with van der Waals surface area (Å²) in [6.45, 7) is -1.57. The lowest BCUT2D eigenvalue weighted by molar-refractivity contribution is -0.157. The van der Waals surface area contributed by atoms with Crippen LogP contribution in [0, 0.1) is 5.92 Å². The molecule has 144 valence electrons. The molecule has 2 amide bonds. The van der Waals surface area contributed by atoms with Gasteiger partial charge in [-0.3, -0.25) is 9.59 Å². The number of thiazole rings is 1. The second kappa shape index (κ2) is 7.89. The van der Waals surface area contributed by atoms with E-state index in [2.05, 4.69) is 10.3 Å². The zero-order chi connectivity index (χ0) is 19.6. The normalized spacial score (nSPS) is 17.4. The van der Waals surface area contributed by atoms with Crippen LogP contribution in [0.1, 0.15) is 6.42 Å². The van der Waals surface area contributed by atoms with Crippen molar-refractivity contribution in [1.29, 1.82) is 0 Å². The molecule has 2 heterocycles. The molecule has 1 atom stereocenters. The van der Waals surface area contributed by atoms with Gasteiger partial charge in [0.05, 0.1) is 11.6 Å². The molecule has 1 saturated heterocycles. The van der Waals surface area contributed by atoms with E-state index >= 15 is 0 Å². The van der Waals surface area contributed by atoms with Gasteiger partial charge in [-0.25, -0.2) is 4.98 Å². The molecule has 0 unspecified atom stereocenters. The van der Waals surface area contributed by atoms with Crippen LogP contribution in [-0.2, 0) is 9.59 Å². The van der Waals surface area contributed by atoms with Crippen molar-refractivity contribution in [2.75, 3.05) is 24.7 Å². The summed E-state index contributed by atoms with van der Waals surface area (Å²) in [4.78, 5) is 30.1. The number of halogens is 3. The summed E-state index contributed by atoms with van der Waals surface area (Å²) >= 11 is 2.85. The molecular weight excluding hydrogens is 399 g/mol. The number of nitrogens with one attached hydrogen (secondary N) is 1. The average molecular weight is 415 g/mol. The number of anilines is 1. The SMILES string of the molecule is CSc1ccc(-c2csc(NC(=O)[C@@H]3CC(=O)N(CC(F)(F)F)C3)n2)cc1. The first-order chi connectivity index (χ1) is 12.7. The van der Waals surface area contributed by atoms with E-state index in [1.807, 2.05) is 30.5 Å². The predicted octanol–water partition coefficient (Wildman–Crippen LogP) is 3.88. The van der Waals surface area contributed by atoms with Crippen LogP contribution < -0.4 is 5.32 Å². The number of nitrogens with zero attached hydrogens (tertiary/aromatic N) is 2. The highest BCUT2D eigenvalue weighted by molar-refractivity contribution is 7.98. The number of benzene rings is 1. The van der Waals surface area contributed by atoms with Crippen molar-refractivity contribution in [2.24, 2.45) is 5.92 Å². The first-order valence-corrected chi connectivity index (χ1v) is 10.1. The fourth-order valence-electron chi connectivity index (χ4n) is 2.75. The number of thioether (sulfide) groups is 1. The number of alkyl halides is 3. The maximum Gasteiger partial charge on any atom is 0.406 e. The zero-order valence-corrected chi connectivity index (χ0v) is 15.9. The van der Waals surface area contributed by atoms with Gasteiger partial charge in [0.2, 0.25) is 11.8 Å². The van der Waals surface area contributed by atoms with Gasteiger partial charge in [-0.1, -0.05) is 12.1 Å². The molecule has 0 saturated carbocycles. The second-order valence-electron chi connectivity index (χ2n) is 6.05. The number of carbonyl (C=O) groups excluding carboxylic acids is 2. The van der Waals surface area contributed by atoms with Crippen LogP contribution in [0.2, 0.25) is 0 Å². The lowest BCUT2D eigenvalue weighted by atomic mass is 10.1. The minimum absolute atomic E-state index is 0.226. The standard InChI is InChI=1S/C17H16F3N3O2S2/c1-26-12-4-2-10(3-5-12)13-8-27-16(21-13)22-15(25)11-6-14(24)23(7-11)9-17(18,19)20/h2-5,8,11H,6-7,9H2,1H3,(H,21,22,25)/t11-/m1/s1. The molecule has 1 aromatic carbocycles. The number of amides is 2. The molecule has 1 fully saturated rings. The van der Waals surface area contributed by atoms with Crippen LogP contribution in [0.3, 0.4) is 0 Å². The van der Waals surface area contributed by atoms with Gasteiger partial charge in [-0.15, -0.1) is 23.1 Å². The van der Waals surface area contributed by atoms with Crippen LogP contribution >= 0.6 is 23.1 Å². The third-order valence-corrected chi connectivity index (χ3v) is 5.58. The van der Waals surface area contributed by atoms with Crippen molar-refractivity contribution in [2.45, 2.75) is 17.5 Å². The Bertz CT molecular complexity index is 837. The summed E-state index contributed by atoms with van der Waals surface area (Å²) < 4.78 is 37.4. The number of aromatic nitrogens is 1. The molecular formula is C17H16F3N3O2S2. The smallest absolute Gasteiger partial charge is 0.333 e. The molecule has 1 aromatic heterocycles. The predicted molar refractivity (Wildman–Crippen MR) is 98.7 cm³/mol. The molecule has 0 bridgehead atoms. The quantitative estimate of drug-likeness (QED) is 0.753. The Hall–Kier alpha value is -2.07. The summed E-state index contributed by atoms with van der Waals surface area (Å²) in [5.41, 5.74) is 1.60. The van der Waals surface area contributed by atoms with Gasteiger partial charge in [-0.2, -0.15) is 13.2 Å². The Morgan fingerprint density at radius 3 is 2.70 bits per heavy atom. The van der Waals surface area contributed by atoms with Crippen molar-refractivity contribution in [3.05, 3.63) is 29.6 Å². The number of carbonyl (C=O) groups is 2. The van der Waals surface area contributed by atoms with Gasteiger partial charge in [-0.05, 0) is 18.4 Å². The highest BCUT2D eigenvalue weighted by Crippen LogP contribution is 2.28. The Morgan fingerprint density at radius 2 is 2.07 bits per heavy atom. The number of hydrogen-bond acceptors (Lipinski definition) is 5. The van der Waals surface area contributed by atoms with E-state index in [0.717, 1.165) is 10.5 Å². The van der Waals surface area contributed by atoms with E-state index < -0.39 is 30.5 Å².